The predicted molar refractivity (Wildman–Crippen MR) is 79.0 cm³/mol. The van der Waals surface area contributed by atoms with Crippen LogP contribution in [0, 0.1) is 23.2 Å². The SMILES string of the molecule is CCCCCCC#C/C(CCC)=C(\C#N)CCC. The van der Waals surface area contributed by atoms with Crippen LogP contribution in [0.2, 0.25) is 0 Å². The number of nitrogens with zero attached hydrogens (tertiary/aromatic N) is 1. The first-order chi connectivity index (χ1) is 8.79. The molecule has 1 nitrogen and oxygen atoms in total. The van der Waals surface area contributed by atoms with E-state index in [0.29, 0.717) is 0 Å². The summed E-state index contributed by atoms with van der Waals surface area (Å²) in [5.41, 5.74) is 1.98. The zero-order valence-electron chi connectivity index (χ0n) is 12.3. The van der Waals surface area contributed by atoms with E-state index in [1.165, 1.54) is 25.7 Å². The van der Waals surface area contributed by atoms with Gasteiger partial charge in [0.15, 0.2) is 0 Å². The predicted octanol–water partition coefficient (Wildman–Crippen LogP) is 5.38. The molecule has 0 rings (SSSR count). The van der Waals surface area contributed by atoms with Crippen LogP contribution in [0.5, 0.6) is 0 Å². The van der Waals surface area contributed by atoms with Gasteiger partial charge in [-0.05, 0) is 19.3 Å². The Labute approximate surface area is 113 Å². The molecule has 0 N–H and O–H groups in total. The summed E-state index contributed by atoms with van der Waals surface area (Å²) in [5.74, 6) is 6.48. The summed E-state index contributed by atoms with van der Waals surface area (Å²) < 4.78 is 0. The van der Waals surface area contributed by atoms with Gasteiger partial charge >= 0.3 is 0 Å². The average molecular weight is 245 g/mol. The topological polar surface area (TPSA) is 23.8 Å². The molecular weight excluding hydrogens is 218 g/mol. The third kappa shape index (κ3) is 7.97. The Morgan fingerprint density at radius 3 is 2.06 bits per heavy atom. The van der Waals surface area contributed by atoms with Gasteiger partial charge < -0.3 is 0 Å². The van der Waals surface area contributed by atoms with E-state index in [9.17, 15) is 0 Å². The molecule has 18 heavy (non-hydrogen) atoms. The Bertz CT molecular complexity index is 333. The third-order valence-corrected chi connectivity index (χ3v) is 2.89. The van der Waals surface area contributed by atoms with Crippen molar-refractivity contribution < 1.29 is 0 Å². The summed E-state index contributed by atoms with van der Waals surface area (Å²) in [6.45, 7) is 6.47. The fourth-order valence-corrected chi connectivity index (χ4v) is 1.87. The van der Waals surface area contributed by atoms with Crippen molar-refractivity contribution in [3.63, 3.8) is 0 Å². The lowest BCUT2D eigenvalue weighted by Crippen LogP contribution is -1.88. The molecule has 0 unspecified atom stereocenters. The summed E-state index contributed by atoms with van der Waals surface area (Å²) in [5, 5.41) is 9.15. The third-order valence-electron chi connectivity index (χ3n) is 2.89. The molecule has 0 radical (unpaired) electrons. The Balaban J connectivity index is 4.43. The van der Waals surface area contributed by atoms with Gasteiger partial charge in [-0.15, -0.1) is 0 Å². The van der Waals surface area contributed by atoms with E-state index in [2.05, 4.69) is 38.7 Å². The smallest absolute Gasteiger partial charge is 0.0956 e. The van der Waals surface area contributed by atoms with Gasteiger partial charge in [0.2, 0.25) is 0 Å². The summed E-state index contributed by atoms with van der Waals surface area (Å²) in [4.78, 5) is 0. The van der Waals surface area contributed by atoms with E-state index in [0.717, 1.165) is 43.3 Å². The minimum absolute atomic E-state index is 0.871. The maximum absolute atomic E-state index is 9.15. The summed E-state index contributed by atoms with van der Waals surface area (Å²) in [6.07, 6.45) is 9.92. The molecule has 0 atom stereocenters. The summed E-state index contributed by atoms with van der Waals surface area (Å²) in [7, 11) is 0. The molecule has 100 valence electrons. The number of unbranched alkanes of at least 4 members (excludes halogenated alkanes) is 4. The second-order valence-electron chi connectivity index (χ2n) is 4.68. The quantitative estimate of drug-likeness (QED) is 0.320. The van der Waals surface area contributed by atoms with Gasteiger partial charge in [0, 0.05) is 17.6 Å². The Morgan fingerprint density at radius 1 is 0.833 bits per heavy atom. The molecule has 0 saturated carbocycles. The first-order valence-corrected chi connectivity index (χ1v) is 7.41. The molecule has 0 aromatic heterocycles. The largest absolute Gasteiger partial charge is 0.193 e. The first-order valence-electron chi connectivity index (χ1n) is 7.41. The Hall–Kier alpha value is -1.21. The lowest BCUT2D eigenvalue weighted by Gasteiger charge is -2.01. The van der Waals surface area contributed by atoms with Crippen LogP contribution < -0.4 is 0 Å². The van der Waals surface area contributed by atoms with Crippen LogP contribution >= 0.6 is 0 Å². The second-order valence-corrected chi connectivity index (χ2v) is 4.68. The van der Waals surface area contributed by atoms with Gasteiger partial charge in [-0.2, -0.15) is 5.26 Å². The molecule has 0 aliphatic rings. The molecular formula is C17H27N. The lowest BCUT2D eigenvalue weighted by atomic mass is 10.0. The van der Waals surface area contributed by atoms with Crippen LogP contribution in [0.15, 0.2) is 11.1 Å². The normalized spacial score (nSPS) is 11.2. The Morgan fingerprint density at radius 2 is 1.50 bits per heavy atom. The molecule has 0 aromatic rings. The van der Waals surface area contributed by atoms with Crippen molar-refractivity contribution in [2.45, 2.75) is 78.6 Å². The van der Waals surface area contributed by atoms with E-state index in [-0.39, 0.29) is 0 Å². The van der Waals surface area contributed by atoms with Crippen LogP contribution in [-0.2, 0) is 0 Å². The van der Waals surface area contributed by atoms with Crippen molar-refractivity contribution in [3.05, 3.63) is 11.1 Å². The zero-order chi connectivity index (χ0) is 13.6. The number of allylic oxidation sites excluding steroid dienone is 2. The highest BCUT2D eigenvalue weighted by molar-refractivity contribution is 5.40. The second kappa shape index (κ2) is 12.3. The van der Waals surface area contributed by atoms with Crippen molar-refractivity contribution in [3.8, 4) is 17.9 Å². The maximum atomic E-state index is 9.15. The molecule has 0 fully saturated rings. The number of hydrogen-bond acceptors (Lipinski definition) is 1. The molecule has 0 saturated heterocycles. The van der Waals surface area contributed by atoms with Gasteiger partial charge in [0.1, 0.15) is 0 Å². The minimum Gasteiger partial charge on any atom is -0.193 e. The molecule has 0 amide bonds. The van der Waals surface area contributed by atoms with Crippen molar-refractivity contribution in [1.82, 2.24) is 0 Å². The standard InChI is InChI=1S/C17H27N/c1-4-7-8-9-10-11-14-16(12-5-2)17(15-18)13-6-3/h4-10,12-13H2,1-3H3/b17-16-. The van der Waals surface area contributed by atoms with Crippen molar-refractivity contribution in [2.75, 3.05) is 0 Å². The van der Waals surface area contributed by atoms with Crippen LogP contribution in [-0.4, -0.2) is 0 Å². The summed E-state index contributed by atoms with van der Waals surface area (Å²) in [6, 6.07) is 2.33. The van der Waals surface area contributed by atoms with Crippen LogP contribution in [0.1, 0.15) is 78.6 Å². The van der Waals surface area contributed by atoms with Gasteiger partial charge in [0.05, 0.1) is 6.07 Å². The van der Waals surface area contributed by atoms with Crippen molar-refractivity contribution in [1.29, 1.82) is 5.26 Å². The zero-order valence-corrected chi connectivity index (χ0v) is 12.3. The fraction of sp³-hybridized carbons (Fsp3) is 0.706. The number of rotatable bonds is 8. The van der Waals surface area contributed by atoms with E-state index in [1.807, 2.05) is 0 Å². The van der Waals surface area contributed by atoms with Crippen LogP contribution in [0.4, 0.5) is 0 Å². The lowest BCUT2D eigenvalue weighted by molar-refractivity contribution is 0.679. The van der Waals surface area contributed by atoms with Crippen molar-refractivity contribution >= 4 is 0 Å². The average Bonchev–Trinajstić information content (AvgIpc) is 2.39. The molecule has 0 bridgehead atoms. The highest BCUT2D eigenvalue weighted by Gasteiger charge is 2.02. The molecule has 0 aliphatic carbocycles. The summed E-state index contributed by atoms with van der Waals surface area (Å²) >= 11 is 0. The molecule has 0 aromatic carbocycles. The maximum Gasteiger partial charge on any atom is 0.0956 e. The van der Waals surface area contributed by atoms with E-state index in [1.54, 1.807) is 0 Å². The number of hydrogen-bond donors (Lipinski definition) is 0. The fourth-order valence-electron chi connectivity index (χ4n) is 1.87. The van der Waals surface area contributed by atoms with Crippen LogP contribution in [0.3, 0.4) is 0 Å². The van der Waals surface area contributed by atoms with E-state index < -0.39 is 0 Å². The van der Waals surface area contributed by atoms with Crippen molar-refractivity contribution in [2.24, 2.45) is 0 Å². The van der Waals surface area contributed by atoms with Crippen LogP contribution in [0.25, 0.3) is 0 Å². The first kappa shape index (κ1) is 16.8. The van der Waals surface area contributed by atoms with Gasteiger partial charge in [0.25, 0.3) is 0 Å². The molecule has 0 spiro atoms. The monoisotopic (exact) mass is 245 g/mol. The molecule has 0 heterocycles. The molecule has 1 heteroatoms. The number of nitriles is 1. The van der Waals surface area contributed by atoms with Gasteiger partial charge in [-0.3, -0.25) is 0 Å². The molecule has 0 aliphatic heterocycles. The van der Waals surface area contributed by atoms with E-state index >= 15 is 0 Å². The Kier molecular flexibility index (Phi) is 11.4. The van der Waals surface area contributed by atoms with Gasteiger partial charge in [-0.25, -0.2) is 0 Å². The highest BCUT2D eigenvalue weighted by atomic mass is 14.2. The van der Waals surface area contributed by atoms with Gasteiger partial charge in [-0.1, -0.05) is 64.7 Å². The minimum atomic E-state index is 0.871. The highest BCUT2D eigenvalue weighted by Crippen LogP contribution is 2.15. The van der Waals surface area contributed by atoms with E-state index in [4.69, 9.17) is 5.26 Å².